The molecule has 3 aliphatic rings. The first kappa shape index (κ1) is 23.0. The molecule has 0 radical (unpaired) electrons. The van der Waals surface area contributed by atoms with E-state index in [0.717, 1.165) is 25.8 Å². The number of amides is 1. The van der Waals surface area contributed by atoms with Crippen LogP contribution in [0.15, 0.2) is 0 Å². The molecule has 0 aromatic heterocycles. The van der Waals surface area contributed by atoms with E-state index in [0.29, 0.717) is 29.8 Å². The SMILES string of the molecule is CN(CCC1CCCCN1C)C(=O)C1CC2CCCC(C1)C2N.Cl.Cl. The van der Waals surface area contributed by atoms with Gasteiger partial charge in [-0.05, 0) is 70.4 Å². The molecule has 0 aromatic carbocycles. The van der Waals surface area contributed by atoms with Crippen molar-refractivity contribution in [3.8, 4) is 0 Å². The van der Waals surface area contributed by atoms with Crippen LogP contribution in [0.5, 0.6) is 0 Å². The summed E-state index contributed by atoms with van der Waals surface area (Å²) in [6.07, 6.45) is 10.9. The molecule has 2 saturated carbocycles. The van der Waals surface area contributed by atoms with Gasteiger partial charge in [0.05, 0.1) is 0 Å². The van der Waals surface area contributed by atoms with Crippen LogP contribution in [-0.2, 0) is 4.79 Å². The van der Waals surface area contributed by atoms with Crippen molar-refractivity contribution in [2.24, 2.45) is 23.5 Å². The Labute approximate surface area is 166 Å². The molecule has 0 spiro atoms. The minimum absolute atomic E-state index is 0. The number of hydrogen-bond acceptors (Lipinski definition) is 3. The third-order valence-electron chi connectivity index (χ3n) is 6.86. The smallest absolute Gasteiger partial charge is 0.225 e. The second-order valence-electron chi connectivity index (χ2n) is 8.38. The molecule has 1 amide bonds. The van der Waals surface area contributed by atoms with Crippen molar-refractivity contribution in [2.45, 2.75) is 69.9 Å². The average Bonchev–Trinajstić information content (AvgIpc) is 2.53. The predicted octanol–water partition coefficient (Wildman–Crippen LogP) is 3.32. The van der Waals surface area contributed by atoms with Gasteiger partial charge in [-0.25, -0.2) is 0 Å². The maximum absolute atomic E-state index is 12.9. The Morgan fingerprint density at radius 2 is 1.72 bits per heavy atom. The number of carbonyl (C=O) groups is 1. The summed E-state index contributed by atoms with van der Waals surface area (Å²) < 4.78 is 0. The molecule has 6 heteroatoms. The van der Waals surface area contributed by atoms with Crippen molar-refractivity contribution in [1.82, 2.24) is 9.80 Å². The lowest BCUT2D eigenvalue weighted by atomic mass is 9.65. The number of rotatable bonds is 4. The maximum atomic E-state index is 12.9. The van der Waals surface area contributed by atoms with E-state index in [1.807, 2.05) is 11.9 Å². The Morgan fingerprint density at radius 3 is 2.32 bits per heavy atom. The van der Waals surface area contributed by atoms with Crippen LogP contribution in [0.3, 0.4) is 0 Å². The Morgan fingerprint density at radius 1 is 1.08 bits per heavy atom. The summed E-state index contributed by atoms with van der Waals surface area (Å²) in [7, 11) is 4.24. The molecule has 1 saturated heterocycles. The van der Waals surface area contributed by atoms with Crippen molar-refractivity contribution in [3.63, 3.8) is 0 Å². The molecule has 2 N–H and O–H groups in total. The average molecular weight is 394 g/mol. The van der Waals surface area contributed by atoms with Crippen molar-refractivity contribution in [1.29, 1.82) is 0 Å². The van der Waals surface area contributed by atoms with Gasteiger partial charge in [-0.2, -0.15) is 0 Å². The van der Waals surface area contributed by atoms with Gasteiger partial charge in [0, 0.05) is 31.6 Å². The van der Waals surface area contributed by atoms with Crippen molar-refractivity contribution in [3.05, 3.63) is 0 Å². The Bertz CT molecular complexity index is 409. The van der Waals surface area contributed by atoms with Gasteiger partial charge >= 0.3 is 0 Å². The highest BCUT2D eigenvalue weighted by Crippen LogP contribution is 2.42. The molecule has 3 fully saturated rings. The van der Waals surface area contributed by atoms with Crippen LogP contribution >= 0.6 is 24.8 Å². The number of nitrogens with zero attached hydrogens (tertiary/aromatic N) is 2. The molecule has 3 unspecified atom stereocenters. The molecule has 2 bridgehead atoms. The lowest BCUT2D eigenvalue weighted by Gasteiger charge is -2.44. The molecule has 3 rings (SSSR count). The maximum Gasteiger partial charge on any atom is 0.225 e. The zero-order chi connectivity index (χ0) is 16.4. The lowest BCUT2D eigenvalue weighted by molar-refractivity contribution is -0.137. The minimum atomic E-state index is 0. The zero-order valence-electron chi connectivity index (χ0n) is 15.9. The molecule has 25 heavy (non-hydrogen) atoms. The van der Waals surface area contributed by atoms with Crippen LogP contribution < -0.4 is 5.73 Å². The molecule has 2 aliphatic carbocycles. The van der Waals surface area contributed by atoms with Crippen LogP contribution in [0.4, 0.5) is 0 Å². The monoisotopic (exact) mass is 393 g/mol. The Kier molecular flexibility index (Phi) is 9.52. The standard InChI is InChI=1S/C19H35N3O.2ClH/c1-21-10-4-3-8-17(21)9-11-22(2)19(23)16-12-14-6-5-7-15(13-16)18(14)20;;/h14-18H,3-13,20H2,1-2H3;2*1H. The molecule has 1 aliphatic heterocycles. The van der Waals surface area contributed by atoms with Crippen molar-refractivity contribution < 1.29 is 4.79 Å². The van der Waals surface area contributed by atoms with Gasteiger partial charge in [0.2, 0.25) is 5.91 Å². The van der Waals surface area contributed by atoms with Crippen molar-refractivity contribution >= 4 is 30.7 Å². The first-order chi connectivity index (χ1) is 11.1. The molecule has 4 nitrogen and oxygen atoms in total. The number of halogens is 2. The van der Waals surface area contributed by atoms with Gasteiger partial charge in [0.15, 0.2) is 0 Å². The van der Waals surface area contributed by atoms with Crippen LogP contribution in [0.25, 0.3) is 0 Å². The molecular weight excluding hydrogens is 357 g/mol. The highest BCUT2D eigenvalue weighted by molar-refractivity contribution is 5.85. The van der Waals surface area contributed by atoms with Crippen LogP contribution in [0.1, 0.15) is 57.8 Å². The zero-order valence-corrected chi connectivity index (χ0v) is 17.5. The summed E-state index contributed by atoms with van der Waals surface area (Å²) in [5.74, 6) is 1.80. The first-order valence-corrected chi connectivity index (χ1v) is 9.77. The fourth-order valence-corrected chi connectivity index (χ4v) is 5.26. The highest BCUT2D eigenvalue weighted by Gasteiger charge is 2.41. The molecular formula is C19H37Cl2N3O. The summed E-state index contributed by atoms with van der Waals surface area (Å²) >= 11 is 0. The number of fused-ring (bicyclic) bond motifs is 2. The number of nitrogens with two attached hydrogens (primary N) is 1. The highest BCUT2D eigenvalue weighted by atomic mass is 35.5. The lowest BCUT2D eigenvalue weighted by Crippen LogP contribution is -2.49. The summed E-state index contributed by atoms with van der Waals surface area (Å²) in [6, 6.07) is 1.02. The van der Waals surface area contributed by atoms with E-state index >= 15 is 0 Å². The second kappa shape index (κ2) is 10.3. The van der Waals surface area contributed by atoms with Gasteiger partial charge in [0.1, 0.15) is 0 Å². The van der Waals surface area contributed by atoms with E-state index in [-0.39, 0.29) is 30.7 Å². The van der Waals surface area contributed by atoms with Crippen molar-refractivity contribution in [2.75, 3.05) is 27.2 Å². The fraction of sp³-hybridized carbons (Fsp3) is 0.947. The number of piperidine rings is 1. The van der Waals surface area contributed by atoms with Gasteiger partial charge in [-0.1, -0.05) is 12.8 Å². The van der Waals surface area contributed by atoms with E-state index in [9.17, 15) is 4.79 Å². The van der Waals surface area contributed by atoms with E-state index < -0.39 is 0 Å². The van der Waals surface area contributed by atoms with E-state index in [1.165, 1.54) is 45.1 Å². The molecule has 3 atom stereocenters. The summed E-state index contributed by atoms with van der Waals surface area (Å²) in [6.45, 7) is 2.12. The van der Waals surface area contributed by atoms with Gasteiger partial charge in [-0.3, -0.25) is 4.79 Å². The predicted molar refractivity (Wildman–Crippen MR) is 109 cm³/mol. The van der Waals surface area contributed by atoms with Crippen LogP contribution in [0, 0.1) is 17.8 Å². The van der Waals surface area contributed by atoms with E-state index in [2.05, 4.69) is 11.9 Å². The van der Waals surface area contributed by atoms with Crippen LogP contribution in [0.2, 0.25) is 0 Å². The second-order valence-corrected chi connectivity index (χ2v) is 8.38. The Hall–Kier alpha value is -0.0300. The normalized spacial score (nSPS) is 35.2. The Balaban J connectivity index is 0.00000156. The largest absolute Gasteiger partial charge is 0.345 e. The van der Waals surface area contributed by atoms with E-state index in [4.69, 9.17) is 5.73 Å². The summed E-state index contributed by atoms with van der Waals surface area (Å²) in [5, 5.41) is 0. The molecule has 0 aromatic rings. The topological polar surface area (TPSA) is 49.6 Å². The number of likely N-dealkylation sites (tertiary alicyclic amines) is 1. The molecule has 1 heterocycles. The quantitative estimate of drug-likeness (QED) is 0.796. The minimum Gasteiger partial charge on any atom is -0.345 e. The van der Waals surface area contributed by atoms with Gasteiger partial charge < -0.3 is 15.5 Å². The number of hydrogen-bond donors (Lipinski definition) is 1. The van der Waals surface area contributed by atoms with Gasteiger partial charge in [-0.15, -0.1) is 24.8 Å². The summed E-state index contributed by atoms with van der Waals surface area (Å²) in [5.41, 5.74) is 6.36. The number of carbonyl (C=O) groups excluding carboxylic acids is 1. The first-order valence-electron chi connectivity index (χ1n) is 9.77. The third-order valence-corrected chi connectivity index (χ3v) is 6.86. The summed E-state index contributed by atoms with van der Waals surface area (Å²) in [4.78, 5) is 17.4. The van der Waals surface area contributed by atoms with Crippen LogP contribution in [-0.4, -0.2) is 55.0 Å². The van der Waals surface area contributed by atoms with E-state index in [1.54, 1.807) is 0 Å². The molecule has 148 valence electrons. The fourth-order valence-electron chi connectivity index (χ4n) is 5.26. The third kappa shape index (κ3) is 5.47. The van der Waals surface area contributed by atoms with Gasteiger partial charge in [0.25, 0.3) is 0 Å².